The van der Waals surface area contributed by atoms with Crippen molar-refractivity contribution in [2.75, 3.05) is 13.2 Å². The van der Waals surface area contributed by atoms with Gasteiger partial charge in [0.1, 0.15) is 5.75 Å². The number of hydrogen-bond acceptors (Lipinski definition) is 4. The number of hydrogen-bond donors (Lipinski definition) is 2. The summed E-state index contributed by atoms with van der Waals surface area (Å²) in [6, 6.07) is 10.4. The minimum atomic E-state index is -0.0282. The van der Waals surface area contributed by atoms with Gasteiger partial charge in [-0.3, -0.25) is 4.90 Å². The zero-order valence-electron chi connectivity index (χ0n) is 15.5. The normalized spacial score (nSPS) is 21.6. The minimum Gasteiger partial charge on any atom is -0.504 e. The molecule has 4 nitrogen and oxygen atoms in total. The van der Waals surface area contributed by atoms with Crippen LogP contribution in [0.2, 0.25) is 0 Å². The van der Waals surface area contributed by atoms with Gasteiger partial charge in [0.15, 0.2) is 11.5 Å². The maximum atomic E-state index is 10.1. The van der Waals surface area contributed by atoms with Crippen LogP contribution in [-0.2, 0) is 13.0 Å². The van der Waals surface area contributed by atoms with Crippen LogP contribution >= 0.6 is 0 Å². The lowest BCUT2D eigenvalue weighted by Crippen LogP contribution is -2.46. The lowest BCUT2D eigenvalue weighted by atomic mass is 9.71. The molecule has 0 bridgehead atoms. The van der Waals surface area contributed by atoms with Crippen molar-refractivity contribution in [2.45, 2.75) is 51.6 Å². The summed E-state index contributed by atoms with van der Waals surface area (Å²) < 4.78 is 5.75. The van der Waals surface area contributed by atoms with Gasteiger partial charge in [-0.05, 0) is 79.3 Å². The first kappa shape index (κ1) is 17.2. The molecule has 4 heteroatoms. The number of phenols is 2. The van der Waals surface area contributed by atoms with E-state index in [9.17, 15) is 10.2 Å². The molecule has 26 heavy (non-hydrogen) atoms. The highest BCUT2D eigenvalue weighted by Crippen LogP contribution is 2.47. The lowest BCUT2D eigenvalue weighted by molar-refractivity contribution is 0.141. The van der Waals surface area contributed by atoms with Crippen molar-refractivity contribution in [3.05, 3.63) is 52.6 Å². The van der Waals surface area contributed by atoms with Crippen molar-refractivity contribution in [3.8, 4) is 17.2 Å². The summed E-state index contributed by atoms with van der Waals surface area (Å²) >= 11 is 0. The van der Waals surface area contributed by atoms with Gasteiger partial charge in [-0.1, -0.05) is 13.0 Å². The molecule has 0 unspecified atom stereocenters. The van der Waals surface area contributed by atoms with Gasteiger partial charge in [0.25, 0.3) is 0 Å². The van der Waals surface area contributed by atoms with Gasteiger partial charge >= 0.3 is 0 Å². The number of phenolic OH excluding ortho intramolecular Hbond substituents is 2. The Kier molecular flexibility index (Phi) is 4.53. The van der Waals surface area contributed by atoms with E-state index in [4.69, 9.17) is 4.74 Å². The fourth-order valence-corrected chi connectivity index (χ4v) is 4.72. The van der Waals surface area contributed by atoms with E-state index >= 15 is 0 Å². The summed E-state index contributed by atoms with van der Waals surface area (Å²) in [5, 5.41) is 20.1. The van der Waals surface area contributed by atoms with Gasteiger partial charge in [-0.25, -0.2) is 0 Å². The third-order valence-electron chi connectivity index (χ3n) is 5.78. The standard InChI is InChI=1S/C22H27NO3/c1-3-9-23-13-15-5-7-16(26-4-2)11-17(15)22-18-12-21(25)20(24)10-14(18)6-8-19(22)23/h5,7,10-12,19,22,24-25H,3-4,6,8-9,13H2,1-2H3/t19-,22-/m1/s1. The predicted octanol–water partition coefficient (Wildman–Crippen LogP) is 4.17. The highest BCUT2D eigenvalue weighted by atomic mass is 16.5. The van der Waals surface area contributed by atoms with Crippen molar-refractivity contribution < 1.29 is 14.9 Å². The molecule has 0 aromatic heterocycles. The van der Waals surface area contributed by atoms with Crippen LogP contribution in [-0.4, -0.2) is 34.3 Å². The molecule has 2 atom stereocenters. The smallest absolute Gasteiger partial charge is 0.157 e. The van der Waals surface area contributed by atoms with Crippen LogP contribution in [0, 0.1) is 0 Å². The molecule has 0 fully saturated rings. The molecule has 1 heterocycles. The largest absolute Gasteiger partial charge is 0.504 e. The molecular weight excluding hydrogens is 326 g/mol. The first-order valence-corrected chi connectivity index (χ1v) is 9.66. The average Bonchev–Trinajstić information content (AvgIpc) is 2.63. The van der Waals surface area contributed by atoms with Crippen molar-refractivity contribution in [1.29, 1.82) is 0 Å². The Balaban J connectivity index is 1.86. The Hall–Kier alpha value is -2.20. The van der Waals surface area contributed by atoms with Crippen LogP contribution < -0.4 is 4.74 Å². The molecule has 0 saturated heterocycles. The second kappa shape index (κ2) is 6.84. The highest BCUT2D eigenvalue weighted by Gasteiger charge is 2.39. The number of aromatic hydroxyl groups is 2. The molecule has 1 aliphatic heterocycles. The summed E-state index contributed by atoms with van der Waals surface area (Å²) in [7, 11) is 0. The first-order valence-electron chi connectivity index (χ1n) is 9.66. The van der Waals surface area contributed by atoms with Gasteiger partial charge in [0.2, 0.25) is 0 Å². The third-order valence-corrected chi connectivity index (χ3v) is 5.78. The Labute approximate surface area is 155 Å². The van der Waals surface area contributed by atoms with E-state index in [1.807, 2.05) is 6.92 Å². The topological polar surface area (TPSA) is 52.9 Å². The Morgan fingerprint density at radius 1 is 1.04 bits per heavy atom. The fraction of sp³-hybridized carbons (Fsp3) is 0.455. The summed E-state index contributed by atoms with van der Waals surface area (Å²) in [5.41, 5.74) is 4.93. The van der Waals surface area contributed by atoms with Crippen LogP contribution in [0.1, 0.15) is 54.9 Å². The van der Waals surface area contributed by atoms with Crippen molar-refractivity contribution in [3.63, 3.8) is 0 Å². The zero-order valence-corrected chi connectivity index (χ0v) is 15.5. The lowest BCUT2D eigenvalue weighted by Gasteiger charge is -2.46. The molecular formula is C22H27NO3. The fourth-order valence-electron chi connectivity index (χ4n) is 4.72. The number of aryl methyl sites for hydroxylation is 1. The van der Waals surface area contributed by atoms with Gasteiger partial charge in [-0.15, -0.1) is 0 Å². The minimum absolute atomic E-state index is 0.0216. The molecule has 2 aliphatic rings. The maximum absolute atomic E-state index is 10.1. The average molecular weight is 353 g/mol. The van der Waals surface area contributed by atoms with E-state index in [1.165, 1.54) is 11.1 Å². The number of fused-ring (bicyclic) bond motifs is 5. The summed E-state index contributed by atoms with van der Waals surface area (Å²) in [4.78, 5) is 2.58. The molecule has 2 aromatic carbocycles. The first-order chi connectivity index (χ1) is 12.6. The summed E-state index contributed by atoms with van der Waals surface area (Å²) in [6.07, 6.45) is 3.13. The molecule has 1 aliphatic carbocycles. The van der Waals surface area contributed by atoms with E-state index < -0.39 is 0 Å². The number of ether oxygens (including phenoxy) is 1. The van der Waals surface area contributed by atoms with Crippen LogP contribution in [0.5, 0.6) is 17.2 Å². The second-order valence-electron chi connectivity index (χ2n) is 7.39. The molecule has 0 radical (unpaired) electrons. The monoisotopic (exact) mass is 353 g/mol. The van der Waals surface area contributed by atoms with Crippen molar-refractivity contribution in [1.82, 2.24) is 4.90 Å². The predicted molar refractivity (Wildman–Crippen MR) is 102 cm³/mol. The van der Waals surface area contributed by atoms with E-state index in [1.54, 1.807) is 12.1 Å². The Morgan fingerprint density at radius 3 is 2.58 bits per heavy atom. The molecule has 0 saturated carbocycles. The van der Waals surface area contributed by atoms with Gasteiger partial charge in [0.05, 0.1) is 6.61 Å². The number of rotatable bonds is 4. The van der Waals surface area contributed by atoms with Crippen LogP contribution in [0.25, 0.3) is 0 Å². The molecule has 0 amide bonds. The van der Waals surface area contributed by atoms with Gasteiger partial charge < -0.3 is 14.9 Å². The number of benzene rings is 2. The molecule has 138 valence electrons. The molecule has 2 aromatic rings. The molecule has 2 N–H and O–H groups in total. The third kappa shape index (κ3) is 2.82. The van der Waals surface area contributed by atoms with E-state index in [2.05, 4.69) is 30.0 Å². The van der Waals surface area contributed by atoms with E-state index in [-0.39, 0.29) is 17.4 Å². The van der Waals surface area contributed by atoms with Crippen LogP contribution in [0.4, 0.5) is 0 Å². The SMILES string of the molecule is CCCN1Cc2ccc(OCC)cc2[C@@H]2c3cc(O)c(O)cc3CC[C@H]21. The molecule has 4 rings (SSSR count). The number of nitrogens with zero attached hydrogens (tertiary/aromatic N) is 1. The van der Waals surface area contributed by atoms with Crippen molar-refractivity contribution >= 4 is 0 Å². The van der Waals surface area contributed by atoms with E-state index in [0.717, 1.165) is 49.2 Å². The molecule has 0 spiro atoms. The second-order valence-corrected chi connectivity index (χ2v) is 7.39. The van der Waals surface area contributed by atoms with Crippen LogP contribution in [0.15, 0.2) is 30.3 Å². The van der Waals surface area contributed by atoms with Crippen molar-refractivity contribution in [2.24, 2.45) is 0 Å². The highest BCUT2D eigenvalue weighted by molar-refractivity contribution is 5.54. The van der Waals surface area contributed by atoms with Crippen LogP contribution in [0.3, 0.4) is 0 Å². The van der Waals surface area contributed by atoms with Gasteiger partial charge in [-0.2, -0.15) is 0 Å². The maximum Gasteiger partial charge on any atom is 0.157 e. The quantitative estimate of drug-likeness (QED) is 0.810. The Morgan fingerprint density at radius 2 is 1.81 bits per heavy atom. The summed E-state index contributed by atoms with van der Waals surface area (Å²) in [5.74, 6) is 1.07. The van der Waals surface area contributed by atoms with Gasteiger partial charge in [0, 0.05) is 18.5 Å². The van der Waals surface area contributed by atoms with E-state index in [0.29, 0.717) is 12.6 Å². The Bertz CT molecular complexity index is 817. The zero-order chi connectivity index (χ0) is 18.3. The summed E-state index contributed by atoms with van der Waals surface area (Å²) in [6.45, 7) is 6.93.